The molecule has 5 nitrogen and oxygen atoms in total. The number of halogens is 3. The van der Waals surface area contributed by atoms with Gasteiger partial charge in [-0.15, -0.1) is 0 Å². The second kappa shape index (κ2) is 12.8. The van der Waals surface area contributed by atoms with Gasteiger partial charge in [-0.05, 0) is 23.3 Å². The molecule has 0 fully saturated rings. The summed E-state index contributed by atoms with van der Waals surface area (Å²) in [4.78, 5) is 13.8. The summed E-state index contributed by atoms with van der Waals surface area (Å²) < 4.78 is 12.1. The maximum absolute atomic E-state index is 6.05. The van der Waals surface area contributed by atoms with Crippen molar-refractivity contribution < 1.29 is 63.5 Å². The topological polar surface area (TPSA) is 56.1 Å². The van der Waals surface area contributed by atoms with Gasteiger partial charge < -0.3 is 46.7 Å². The SMILES string of the molecule is [Cl-].[Cl-].[Cl-].[Co+3].c1ccc(C2CN=C(c3cccc(C4=NCC(c5ccccc5)O4)n3)O2)cc1. The molecule has 0 saturated carbocycles. The molecule has 2 aromatic carbocycles. The van der Waals surface area contributed by atoms with Gasteiger partial charge in [-0.3, -0.25) is 0 Å². The van der Waals surface area contributed by atoms with E-state index in [9.17, 15) is 0 Å². The zero-order valence-electron chi connectivity index (χ0n) is 16.7. The maximum Gasteiger partial charge on any atom is 3.00 e. The van der Waals surface area contributed by atoms with Crippen molar-refractivity contribution in [3.05, 3.63) is 101 Å². The molecule has 2 atom stereocenters. The van der Waals surface area contributed by atoms with Crippen LogP contribution in [0.1, 0.15) is 34.7 Å². The first-order valence-corrected chi connectivity index (χ1v) is 9.37. The average molecular weight is 535 g/mol. The van der Waals surface area contributed by atoms with E-state index in [1.54, 1.807) is 0 Å². The molecule has 3 aromatic rings. The molecule has 0 saturated heterocycles. The molecule has 0 amide bonds. The number of ether oxygens (including phenoxy) is 2. The van der Waals surface area contributed by atoms with Gasteiger partial charge in [0.2, 0.25) is 11.8 Å². The summed E-state index contributed by atoms with van der Waals surface area (Å²) in [7, 11) is 0. The number of hydrogen-bond acceptors (Lipinski definition) is 5. The second-order valence-electron chi connectivity index (χ2n) is 6.73. The quantitative estimate of drug-likeness (QED) is 0.338. The van der Waals surface area contributed by atoms with Crippen molar-refractivity contribution in [2.24, 2.45) is 9.98 Å². The Morgan fingerprint density at radius 3 is 1.38 bits per heavy atom. The summed E-state index contributed by atoms with van der Waals surface area (Å²) in [5.74, 6) is 1.13. The van der Waals surface area contributed by atoms with Crippen LogP contribution in [0, 0.1) is 0 Å². The maximum atomic E-state index is 6.05. The molecular formula is C23H19Cl3CoN3O2. The molecule has 0 aliphatic carbocycles. The minimum absolute atomic E-state index is 0. The van der Waals surface area contributed by atoms with Crippen molar-refractivity contribution >= 4 is 11.8 Å². The fourth-order valence-corrected chi connectivity index (χ4v) is 3.39. The molecule has 1 aromatic heterocycles. The van der Waals surface area contributed by atoms with Gasteiger partial charge in [0.25, 0.3) is 0 Å². The van der Waals surface area contributed by atoms with Crippen molar-refractivity contribution in [1.82, 2.24) is 4.98 Å². The third-order valence-corrected chi connectivity index (χ3v) is 4.84. The Hall–Kier alpha value is -2.09. The van der Waals surface area contributed by atoms with Gasteiger partial charge in [0.1, 0.15) is 23.6 Å². The van der Waals surface area contributed by atoms with E-state index in [2.05, 4.69) is 39.2 Å². The molecule has 168 valence electrons. The molecule has 2 aliphatic rings. The third-order valence-electron chi connectivity index (χ3n) is 4.84. The molecule has 5 rings (SSSR count). The fourth-order valence-electron chi connectivity index (χ4n) is 3.39. The van der Waals surface area contributed by atoms with Crippen LogP contribution < -0.4 is 37.2 Å². The van der Waals surface area contributed by atoms with Gasteiger partial charge in [-0.25, -0.2) is 15.0 Å². The number of nitrogens with zero attached hydrogens (tertiary/aromatic N) is 3. The Morgan fingerprint density at radius 1 is 0.562 bits per heavy atom. The van der Waals surface area contributed by atoms with E-state index in [1.165, 1.54) is 0 Å². The van der Waals surface area contributed by atoms with Crippen LogP contribution in [0.2, 0.25) is 0 Å². The number of aromatic nitrogens is 1. The van der Waals surface area contributed by atoms with E-state index in [0.29, 0.717) is 36.3 Å². The summed E-state index contributed by atoms with van der Waals surface area (Å²) in [5, 5.41) is 0. The molecule has 32 heavy (non-hydrogen) atoms. The Labute approximate surface area is 216 Å². The summed E-state index contributed by atoms with van der Waals surface area (Å²) in [6.45, 7) is 1.19. The molecule has 2 aliphatic heterocycles. The Bertz CT molecular complexity index is 972. The van der Waals surface area contributed by atoms with Crippen LogP contribution in [-0.4, -0.2) is 29.9 Å². The number of hydrogen-bond donors (Lipinski definition) is 0. The van der Waals surface area contributed by atoms with E-state index in [4.69, 9.17) is 9.47 Å². The van der Waals surface area contributed by atoms with Gasteiger partial charge in [0.15, 0.2) is 0 Å². The van der Waals surface area contributed by atoms with E-state index < -0.39 is 0 Å². The van der Waals surface area contributed by atoms with Gasteiger partial charge in [-0.2, -0.15) is 0 Å². The molecule has 0 spiro atoms. The normalized spacial score (nSPS) is 18.2. The number of rotatable bonds is 4. The number of aliphatic imine (C=N–C) groups is 2. The Kier molecular flexibility index (Phi) is 11.2. The van der Waals surface area contributed by atoms with E-state index in [-0.39, 0.29) is 66.2 Å². The minimum atomic E-state index is -0.0656. The van der Waals surface area contributed by atoms with Crippen molar-refractivity contribution in [3.8, 4) is 0 Å². The van der Waals surface area contributed by atoms with Crippen LogP contribution >= 0.6 is 0 Å². The summed E-state index contributed by atoms with van der Waals surface area (Å²) in [6, 6.07) is 26.0. The van der Waals surface area contributed by atoms with Gasteiger partial charge in [-0.1, -0.05) is 66.7 Å². The number of pyridine rings is 1. The summed E-state index contributed by atoms with van der Waals surface area (Å²) in [6.07, 6.45) is -0.131. The van der Waals surface area contributed by atoms with Crippen molar-refractivity contribution in [2.45, 2.75) is 12.2 Å². The minimum Gasteiger partial charge on any atom is -1.00 e. The Morgan fingerprint density at radius 2 is 0.969 bits per heavy atom. The van der Waals surface area contributed by atoms with Crippen molar-refractivity contribution in [3.63, 3.8) is 0 Å². The monoisotopic (exact) mass is 533 g/mol. The molecule has 9 heteroatoms. The van der Waals surface area contributed by atoms with Gasteiger partial charge in [0.05, 0.1) is 13.1 Å². The zero-order chi connectivity index (χ0) is 18.8. The summed E-state index contributed by atoms with van der Waals surface area (Å²) >= 11 is 0. The molecule has 0 bridgehead atoms. The molecule has 0 N–H and O–H groups in total. The first kappa shape index (κ1) is 27.9. The summed E-state index contributed by atoms with van der Waals surface area (Å²) in [5.41, 5.74) is 3.63. The molecule has 3 heterocycles. The average Bonchev–Trinajstić information content (AvgIpc) is 3.46. The van der Waals surface area contributed by atoms with E-state index in [0.717, 1.165) is 11.1 Å². The van der Waals surface area contributed by atoms with Gasteiger partial charge >= 0.3 is 16.8 Å². The van der Waals surface area contributed by atoms with Crippen molar-refractivity contribution in [2.75, 3.05) is 13.1 Å². The predicted octanol–water partition coefficient (Wildman–Crippen LogP) is -4.87. The van der Waals surface area contributed by atoms with Crippen LogP contribution in [-0.2, 0) is 26.3 Å². The van der Waals surface area contributed by atoms with Crippen LogP contribution in [0.15, 0.2) is 88.8 Å². The third kappa shape index (κ3) is 6.03. The van der Waals surface area contributed by atoms with Crippen molar-refractivity contribution in [1.29, 1.82) is 0 Å². The second-order valence-corrected chi connectivity index (χ2v) is 6.73. The van der Waals surface area contributed by atoms with Crippen LogP contribution in [0.5, 0.6) is 0 Å². The van der Waals surface area contributed by atoms with Crippen LogP contribution in [0.25, 0.3) is 0 Å². The van der Waals surface area contributed by atoms with Crippen LogP contribution in [0.4, 0.5) is 0 Å². The van der Waals surface area contributed by atoms with Gasteiger partial charge in [0, 0.05) is 0 Å². The fraction of sp³-hybridized carbons (Fsp3) is 0.174. The number of benzene rings is 2. The molecule has 0 radical (unpaired) electrons. The van der Waals surface area contributed by atoms with E-state index >= 15 is 0 Å². The smallest absolute Gasteiger partial charge is 1.00 e. The van der Waals surface area contributed by atoms with E-state index in [1.807, 2.05) is 54.6 Å². The van der Waals surface area contributed by atoms with Crippen LogP contribution in [0.3, 0.4) is 0 Å². The zero-order valence-corrected chi connectivity index (χ0v) is 20.0. The first-order valence-electron chi connectivity index (χ1n) is 9.37. The largest absolute Gasteiger partial charge is 3.00 e. The Balaban J connectivity index is 0.00000128. The molecule has 2 unspecified atom stereocenters. The first-order chi connectivity index (χ1) is 13.9. The molecular weight excluding hydrogens is 516 g/mol. The standard InChI is InChI=1S/C23H19N3O2.3ClH.Co/c1-3-8-16(9-4-1)20-14-24-22(27-20)18-12-7-13-19(26-18)23-25-15-21(28-23)17-10-5-2-6-11-17;;;;/h1-13,20-21H,14-15H2;3*1H;/q;;;;+3/p-3. The predicted molar refractivity (Wildman–Crippen MR) is 108 cm³/mol.